The lowest BCUT2D eigenvalue weighted by Crippen LogP contribution is -2.26. The summed E-state index contributed by atoms with van der Waals surface area (Å²) in [6, 6.07) is 0. The van der Waals surface area contributed by atoms with Crippen LogP contribution in [-0.2, 0) is 9.47 Å². The summed E-state index contributed by atoms with van der Waals surface area (Å²) in [7, 11) is 0. The highest BCUT2D eigenvalue weighted by molar-refractivity contribution is 5.42. The zero-order valence-corrected chi connectivity index (χ0v) is 11.8. The van der Waals surface area contributed by atoms with Crippen molar-refractivity contribution in [2.45, 2.75) is 52.5 Å². The van der Waals surface area contributed by atoms with Crippen LogP contribution in [0.4, 0.5) is 17.6 Å². The Kier molecular flexibility index (Phi) is 6.52. The Morgan fingerprint density at radius 1 is 1.15 bits per heavy atom. The van der Waals surface area contributed by atoms with E-state index in [-0.39, 0.29) is 0 Å². The molecule has 1 fully saturated rings. The Balaban J connectivity index is 0.000000956. The monoisotopic (exact) mass is 295 g/mol. The quantitative estimate of drug-likeness (QED) is 0.679. The predicted octanol–water partition coefficient (Wildman–Crippen LogP) is 4.83. The van der Waals surface area contributed by atoms with Gasteiger partial charge in [0, 0.05) is 12.0 Å². The molecule has 2 aliphatic rings. The maximum Gasteiger partial charge on any atom is 0.268 e. The highest BCUT2D eigenvalue weighted by Crippen LogP contribution is 2.41. The summed E-state index contributed by atoms with van der Waals surface area (Å²) in [6.45, 7) is 5.39. The van der Waals surface area contributed by atoms with Crippen LogP contribution in [0.15, 0.2) is 23.0 Å². The van der Waals surface area contributed by atoms with E-state index in [1.807, 2.05) is 13.8 Å². The van der Waals surface area contributed by atoms with Gasteiger partial charge in [0.1, 0.15) is 0 Å². The Morgan fingerprint density at radius 3 is 2.35 bits per heavy atom. The van der Waals surface area contributed by atoms with E-state index >= 15 is 0 Å². The zero-order valence-electron chi connectivity index (χ0n) is 11.8. The third kappa shape index (κ3) is 3.53. The Morgan fingerprint density at radius 2 is 1.80 bits per heavy atom. The normalized spacial score (nSPS) is 28.1. The van der Waals surface area contributed by atoms with Crippen LogP contribution in [0.2, 0.25) is 0 Å². The average molecular weight is 295 g/mol. The molecule has 2 nitrogen and oxygen atoms in total. The SMILES string of the molecule is CC.CC1=C(F)[C](F)C(OC2CCCCO2)=C(F)C1F. The van der Waals surface area contributed by atoms with Crippen molar-refractivity contribution in [2.24, 2.45) is 0 Å². The van der Waals surface area contributed by atoms with Crippen molar-refractivity contribution >= 4 is 0 Å². The molecule has 0 aromatic heterocycles. The van der Waals surface area contributed by atoms with E-state index in [1.165, 1.54) is 0 Å². The summed E-state index contributed by atoms with van der Waals surface area (Å²) in [5, 5.41) is 0. The van der Waals surface area contributed by atoms with Gasteiger partial charge in [-0.15, -0.1) is 0 Å². The van der Waals surface area contributed by atoms with E-state index in [4.69, 9.17) is 9.47 Å². The van der Waals surface area contributed by atoms with Gasteiger partial charge in [-0.05, 0) is 19.8 Å². The van der Waals surface area contributed by atoms with Gasteiger partial charge >= 0.3 is 0 Å². The molecule has 20 heavy (non-hydrogen) atoms. The van der Waals surface area contributed by atoms with E-state index in [0.717, 1.165) is 19.8 Å². The molecular weight excluding hydrogens is 276 g/mol. The van der Waals surface area contributed by atoms with Crippen molar-refractivity contribution in [3.05, 3.63) is 29.2 Å². The molecule has 115 valence electrons. The minimum absolute atomic E-state index is 0.400. The Hall–Kier alpha value is -1.04. The van der Waals surface area contributed by atoms with Crippen molar-refractivity contribution < 1.29 is 27.0 Å². The van der Waals surface area contributed by atoms with E-state index in [1.54, 1.807) is 0 Å². The maximum absolute atomic E-state index is 13.5. The Bertz CT molecular complexity index is 387. The first-order valence-corrected chi connectivity index (χ1v) is 6.73. The second-order valence-electron chi connectivity index (χ2n) is 4.26. The lowest BCUT2D eigenvalue weighted by Gasteiger charge is -2.28. The molecule has 2 rings (SSSR count). The molecule has 1 aliphatic heterocycles. The van der Waals surface area contributed by atoms with Crippen LogP contribution < -0.4 is 0 Å². The van der Waals surface area contributed by atoms with Crippen LogP contribution in [-0.4, -0.2) is 19.1 Å². The van der Waals surface area contributed by atoms with Crippen molar-refractivity contribution in [3.63, 3.8) is 0 Å². The third-order valence-electron chi connectivity index (χ3n) is 2.95. The number of rotatable bonds is 2. The summed E-state index contributed by atoms with van der Waals surface area (Å²) in [5.74, 6) is -3.87. The zero-order chi connectivity index (χ0) is 15.3. The standard InChI is InChI=1S/C12H13F4O2.C2H6/c1-6-8(13)10(15)12(11(16)9(6)14)18-7-4-2-3-5-17-7;1-2/h7-8H,2-5H2,1H3;1-2H3. The van der Waals surface area contributed by atoms with Crippen molar-refractivity contribution in [1.82, 2.24) is 0 Å². The fraction of sp³-hybridized carbons (Fsp3) is 0.643. The Labute approximate surface area is 116 Å². The lowest BCUT2D eigenvalue weighted by atomic mass is 10.0. The van der Waals surface area contributed by atoms with Gasteiger partial charge in [-0.3, -0.25) is 0 Å². The van der Waals surface area contributed by atoms with Gasteiger partial charge < -0.3 is 9.47 Å². The molecule has 0 N–H and O–H groups in total. The van der Waals surface area contributed by atoms with E-state index in [0.29, 0.717) is 13.0 Å². The number of hydrogen-bond acceptors (Lipinski definition) is 2. The van der Waals surface area contributed by atoms with Crippen LogP contribution >= 0.6 is 0 Å². The van der Waals surface area contributed by atoms with Gasteiger partial charge in [0.05, 0.1) is 6.61 Å². The van der Waals surface area contributed by atoms with Gasteiger partial charge in [0.2, 0.25) is 0 Å². The lowest BCUT2D eigenvalue weighted by molar-refractivity contribution is -0.142. The minimum atomic E-state index is -2.30. The van der Waals surface area contributed by atoms with Gasteiger partial charge in [0.15, 0.2) is 29.9 Å². The summed E-state index contributed by atoms with van der Waals surface area (Å²) in [5.41, 5.74) is -0.623. The fourth-order valence-corrected chi connectivity index (χ4v) is 1.84. The van der Waals surface area contributed by atoms with Crippen LogP contribution in [0.5, 0.6) is 0 Å². The fourth-order valence-electron chi connectivity index (χ4n) is 1.84. The van der Waals surface area contributed by atoms with Crippen LogP contribution in [0.25, 0.3) is 0 Å². The maximum atomic E-state index is 13.5. The summed E-state index contributed by atoms with van der Waals surface area (Å²) < 4.78 is 63.7. The van der Waals surface area contributed by atoms with Crippen LogP contribution in [0.3, 0.4) is 0 Å². The molecule has 0 bridgehead atoms. The number of hydrogen-bond donors (Lipinski definition) is 0. The second kappa shape index (κ2) is 7.67. The molecular formula is C14H19F4O2. The molecule has 1 heterocycles. The molecule has 0 spiro atoms. The highest BCUT2D eigenvalue weighted by atomic mass is 19.2. The van der Waals surface area contributed by atoms with Crippen molar-refractivity contribution in [2.75, 3.05) is 6.61 Å². The third-order valence-corrected chi connectivity index (χ3v) is 2.95. The van der Waals surface area contributed by atoms with Gasteiger partial charge in [0.25, 0.3) is 6.17 Å². The molecule has 2 atom stereocenters. The molecule has 0 aromatic rings. The summed E-state index contributed by atoms with van der Waals surface area (Å²) >= 11 is 0. The first kappa shape index (κ1) is 17.0. The highest BCUT2D eigenvalue weighted by Gasteiger charge is 2.40. The van der Waals surface area contributed by atoms with Crippen LogP contribution in [0, 0.1) is 6.17 Å². The molecule has 0 amide bonds. The second-order valence-corrected chi connectivity index (χ2v) is 4.26. The first-order valence-electron chi connectivity index (χ1n) is 6.73. The van der Waals surface area contributed by atoms with E-state index in [9.17, 15) is 17.6 Å². The molecule has 2 unspecified atom stereocenters. The molecule has 6 heteroatoms. The number of ether oxygens (including phenoxy) is 2. The van der Waals surface area contributed by atoms with Crippen LogP contribution in [0.1, 0.15) is 40.0 Å². The number of halogens is 4. The molecule has 0 saturated carbocycles. The molecule has 0 aromatic carbocycles. The van der Waals surface area contributed by atoms with Gasteiger partial charge in [-0.25, -0.2) is 17.6 Å². The first-order chi connectivity index (χ1) is 9.52. The minimum Gasteiger partial charge on any atom is -0.462 e. The predicted molar refractivity (Wildman–Crippen MR) is 67.2 cm³/mol. The molecule has 1 radical (unpaired) electrons. The smallest absolute Gasteiger partial charge is 0.268 e. The summed E-state index contributed by atoms with van der Waals surface area (Å²) in [6.07, 6.45) is -2.63. The van der Waals surface area contributed by atoms with Gasteiger partial charge in [-0.1, -0.05) is 13.8 Å². The number of alkyl halides is 1. The topological polar surface area (TPSA) is 18.5 Å². The van der Waals surface area contributed by atoms with E-state index in [2.05, 4.69) is 0 Å². The summed E-state index contributed by atoms with van der Waals surface area (Å²) in [4.78, 5) is 0. The molecule has 1 saturated heterocycles. The van der Waals surface area contributed by atoms with Crippen molar-refractivity contribution in [1.29, 1.82) is 0 Å². The average Bonchev–Trinajstić information content (AvgIpc) is 2.51. The largest absolute Gasteiger partial charge is 0.462 e. The van der Waals surface area contributed by atoms with Gasteiger partial charge in [-0.2, -0.15) is 0 Å². The number of allylic oxidation sites excluding steroid dienone is 3. The van der Waals surface area contributed by atoms with Crippen molar-refractivity contribution in [3.8, 4) is 0 Å². The van der Waals surface area contributed by atoms with E-state index < -0.39 is 41.6 Å². The molecule has 1 aliphatic carbocycles.